The van der Waals surface area contributed by atoms with Crippen LogP contribution in [0.3, 0.4) is 0 Å². The number of anilines is 2. The number of benzene rings is 2. The SMILES string of the molecule is CCOC(=O)Nc1c(C)cc(N(C)Cc2ccccc2)c(C)c1C. The zero-order valence-corrected chi connectivity index (χ0v) is 15.1. The molecule has 0 radical (unpaired) electrons. The summed E-state index contributed by atoms with van der Waals surface area (Å²) in [4.78, 5) is 14.0. The zero-order valence-electron chi connectivity index (χ0n) is 15.1. The molecular formula is C20H26N2O2. The van der Waals surface area contributed by atoms with Gasteiger partial charge in [0.2, 0.25) is 0 Å². The van der Waals surface area contributed by atoms with Crippen LogP contribution in [0.25, 0.3) is 0 Å². The molecule has 2 aromatic carbocycles. The Kier molecular flexibility index (Phi) is 5.85. The molecule has 1 amide bonds. The van der Waals surface area contributed by atoms with Gasteiger partial charge in [-0.1, -0.05) is 30.3 Å². The first-order valence-corrected chi connectivity index (χ1v) is 8.23. The van der Waals surface area contributed by atoms with Gasteiger partial charge >= 0.3 is 6.09 Å². The quantitative estimate of drug-likeness (QED) is 0.856. The van der Waals surface area contributed by atoms with Crippen LogP contribution < -0.4 is 10.2 Å². The molecule has 1 N–H and O–H groups in total. The average Bonchev–Trinajstić information content (AvgIpc) is 2.56. The molecule has 2 aromatic rings. The van der Waals surface area contributed by atoms with Gasteiger partial charge in [0.05, 0.1) is 12.3 Å². The van der Waals surface area contributed by atoms with E-state index in [1.807, 2.05) is 19.9 Å². The van der Waals surface area contributed by atoms with Gasteiger partial charge in [-0.15, -0.1) is 0 Å². The van der Waals surface area contributed by atoms with E-state index in [0.29, 0.717) is 6.61 Å². The van der Waals surface area contributed by atoms with Crippen molar-refractivity contribution in [2.75, 3.05) is 23.9 Å². The van der Waals surface area contributed by atoms with E-state index in [0.717, 1.165) is 28.9 Å². The fourth-order valence-electron chi connectivity index (χ4n) is 2.86. The van der Waals surface area contributed by atoms with Crippen LogP contribution in [0, 0.1) is 20.8 Å². The van der Waals surface area contributed by atoms with E-state index in [-0.39, 0.29) is 0 Å². The Morgan fingerprint density at radius 3 is 2.42 bits per heavy atom. The minimum absolute atomic E-state index is 0.362. The van der Waals surface area contributed by atoms with Crippen molar-refractivity contribution in [1.82, 2.24) is 0 Å². The molecule has 0 heterocycles. The molecule has 4 heteroatoms. The van der Waals surface area contributed by atoms with Crippen LogP contribution in [0.15, 0.2) is 36.4 Å². The maximum atomic E-state index is 11.7. The third kappa shape index (κ3) is 4.07. The van der Waals surface area contributed by atoms with Gasteiger partial charge in [-0.2, -0.15) is 0 Å². The van der Waals surface area contributed by atoms with Crippen LogP contribution >= 0.6 is 0 Å². The summed E-state index contributed by atoms with van der Waals surface area (Å²) in [6.45, 7) is 9.12. The first kappa shape index (κ1) is 17.9. The standard InChI is InChI=1S/C20H26N2O2/c1-6-24-20(23)21-19-14(2)12-18(15(3)16(19)4)22(5)13-17-10-8-7-9-11-17/h7-12H,6,13H2,1-5H3,(H,21,23). The number of hydrogen-bond donors (Lipinski definition) is 1. The lowest BCUT2D eigenvalue weighted by Crippen LogP contribution is -2.20. The van der Waals surface area contributed by atoms with Crippen molar-refractivity contribution in [3.05, 3.63) is 58.7 Å². The third-order valence-electron chi connectivity index (χ3n) is 4.25. The molecule has 128 valence electrons. The minimum Gasteiger partial charge on any atom is -0.450 e. The molecule has 4 nitrogen and oxygen atoms in total. The summed E-state index contributed by atoms with van der Waals surface area (Å²) in [5.74, 6) is 0. The number of hydrogen-bond acceptors (Lipinski definition) is 3. The fourth-order valence-corrected chi connectivity index (χ4v) is 2.86. The monoisotopic (exact) mass is 326 g/mol. The normalized spacial score (nSPS) is 10.4. The zero-order chi connectivity index (χ0) is 17.7. The average molecular weight is 326 g/mol. The van der Waals surface area contributed by atoms with Crippen molar-refractivity contribution in [2.24, 2.45) is 0 Å². The van der Waals surface area contributed by atoms with E-state index in [9.17, 15) is 4.79 Å². The number of ether oxygens (including phenoxy) is 1. The highest BCUT2D eigenvalue weighted by atomic mass is 16.5. The van der Waals surface area contributed by atoms with E-state index >= 15 is 0 Å². The number of amides is 1. The number of aryl methyl sites for hydroxylation is 1. The Morgan fingerprint density at radius 2 is 1.79 bits per heavy atom. The van der Waals surface area contributed by atoms with Crippen molar-refractivity contribution in [3.8, 4) is 0 Å². The van der Waals surface area contributed by atoms with Crippen molar-refractivity contribution in [1.29, 1.82) is 0 Å². The van der Waals surface area contributed by atoms with Gasteiger partial charge in [0.15, 0.2) is 0 Å². The maximum Gasteiger partial charge on any atom is 0.411 e. The predicted molar refractivity (Wildman–Crippen MR) is 99.8 cm³/mol. The summed E-state index contributed by atoms with van der Waals surface area (Å²) in [6.07, 6.45) is -0.409. The molecule has 0 fully saturated rings. The molecule has 0 aliphatic rings. The van der Waals surface area contributed by atoms with Gasteiger partial charge in [0, 0.05) is 19.3 Å². The van der Waals surface area contributed by atoms with E-state index in [4.69, 9.17) is 4.74 Å². The largest absolute Gasteiger partial charge is 0.450 e. The number of carbonyl (C=O) groups excluding carboxylic acids is 1. The topological polar surface area (TPSA) is 41.6 Å². The van der Waals surface area contributed by atoms with Crippen molar-refractivity contribution >= 4 is 17.5 Å². The van der Waals surface area contributed by atoms with Crippen LogP contribution in [0.4, 0.5) is 16.2 Å². The van der Waals surface area contributed by atoms with Crippen LogP contribution in [0.5, 0.6) is 0 Å². The number of nitrogens with one attached hydrogen (secondary N) is 1. The maximum absolute atomic E-state index is 11.7. The van der Waals surface area contributed by atoms with Crippen molar-refractivity contribution in [3.63, 3.8) is 0 Å². The van der Waals surface area contributed by atoms with Gasteiger partial charge in [0.1, 0.15) is 0 Å². The molecule has 0 atom stereocenters. The molecule has 0 bridgehead atoms. The smallest absolute Gasteiger partial charge is 0.411 e. The van der Waals surface area contributed by atoms with E-state index in [1.54, 1.807) is 6.92 Å². The molecule has 0 spiro atoms. The van der Waals surface area contributed by atoms with Crippen LogP contribution in [-0.2, 0) is 11.3 Å². The van der Waals surface area contributed by atoms with Crippen LogP contribution in [0.2, 0.25) is 0 Å². The van der Waals surface area contributed by atoms with E-state index in [1.165, 1.54) is 11.3 Å². The Bertz CT molecular complexity index is 711. The summed E-state index contributed by atoms with van der Waals surface area (Å²) in [5.41, 5.74) is 6.53. The number of rotatable bonds is 5. The van der Waals surface area contributed by atoms with Gasteiger partial charge in [-0.05, 0) is 56.0 Å². The lowest BCUT2D eigenvalue weighted by atomic mass is 10.0. The first-order chi connectivity index (χ1) is 11.4. The Hall–Kier alpha value is -2.49. The lowest BCUT2D eigenvalue weighted by molar-refractivity contribution is 0.168. The highest BCUT2D eigenvalue weighted by Gasteiger charge is 2.15. The molecule has 0 aliphatic heterocycles. The predicted octanol–water partition coefficient (Wildman–Crippen LogP) is 4.82. The molecule has 0 saturated heterocycles. The summed E-state index contributed by atoms with van der Waals surface area (Å²) in [7, 11) is 2.09. The minimum atomic E-state index is -0.409. The Morgan fingerprint density at radius 1 is 1.12 bits per heavy atom. The molecular weight excluding hydrogens is 300 g/mol. The summed E-state index contributed by atoms with van der Waals surface area (Å²) in [6, 6.07) is 12.5. The second-order valence-corrected chi connectivity index (χ2v) is 6.02. The second kappa shape index (κ2) is 7.86. The van der Waals surface area contributed by atoms with Crippen LogP contribution in [0.1, 0.15) is 29.2 Å². The summed E-state index contributed by atoms with van der Waals surface area (Å²) < 4.78 is 4.99. The number of carbonyl (C=O) groups is 1. The lowest BCUT2D eigenvalue weighted by Gasteiger charge is -2.25. The molecule has 0 saturated carbocycles. The fraction of sp³-hybridized carbons (Fsp3) is 0.350. The Balaban J connectivity index is 2.27. The molecule has 0 aromatic heterocycles. The highest BCUT2D eigenvalue weighted by Crippen LogP contribution is 2.32. The van der Waals surface area contributed by atoms with Crippen molar-refractivity contribution < 1.29 is 9.53 Å². The summed E-state index contributed by atoms with van der Waals surface area (Å²) >= 11 is 0. The van der Waals surface area contributed by atoms with Gasteiger partial charge in [0.25, 0.3) is 0 Å². The van der Waals surface area contributed by atoms with E-state index < -0.39 is 6.09 Å². The van der Waals surface area contributed by atoms with Gasteiger partial charge in [-0.25, -0.2) is 4.79 Å². The highest BCUT2D eigenvalue weighted by molar-refractivity contribution is 5.88. The van der Waals surface area contributed by atoms with Crippen molar-refractivity contribution in [2.45, 2.75) is 34.2 Å². The third-order valence-corrected chi connectivity index (χ3v) is 4.25. The van der Waals surface area contributed by atoms with E-state index in [2.05, 4.69) is 54.5 Å². The molecule has 0 aliphatic carbocycles. The Labute approximate surface area is 144 Å². The first-order valence-electron chi connectivity index (χ1n) is 8.23. The molecule has 24 heavy (non-hydrogen) atoms. The van der Waals surface area contributed by atoms with Gasteiger partial charge in [-0.3, -0.25) is 5.32 Å². The molecule has 0 unspecified atom stereocenters. The van der Waals surface area contributed by atoms with Crippen LogP contribution in [-0.4, -0.2) is 19.7 Å². The number of nitrogens with zero attached hydrogens (tertiary/aromatic N) is 1. The van der Waals surface area contributed by atoms with Gasteiger partial charge < -0.3 is 9.64 Å². The summed E-state index contributed by atoms with van der Waals surface area (Å²) in [5, 5.41) is 2.86. The molecule has 2 rings (SSSR count). The second-order valence-electron chi connectivity index (χ2n) is 6.02.